The Bertz CT molecular complexity index is 1120. The van der Waals surface area contributed by atoms with Crippen molar-refractivity contribution >= 4 is 40.1 Å². The SMILES string of the molecule is COc1ccc(N2C(=O)[C@@H](OC/C(Cl)=N/Nc3ccccc3)[C@H]2/C=C/c2ccccc2)cc1. The molecule has 0 saturated carbocycles. The number of methoxy groups -OCH3 is 1. The number of anilines is 2. The molecule has 1 saturated heterocycles. The highest BCUT2D eigenvalue weighted by Gasteiger charge is 2.47. The standard InChI is InChI=1S/C26H24ClN3O3/c1-32-22-15-13-21(14-16-22)30-23(17-12-19-8-4-2-5-9-19)25(26(30)31)33-18-24(27)29-28-20-10-6-3-7-11-20/h2-17,23,25,28H,18H2,1H3/b17-12+,29-24-/t23-,25+/m1/s1. The summed E-state index contributed by atoms with van der Waals surface area (Å²) in [5.41, 5.74) is 5.49. The van der Waals surface area contributed by atoms with Crippen LogP contribution in [0, 0.1) is 0 Å². The van der Waals surface area contributed by atoms with Gasteiger partial charge in [-0.3, -0.25) is 15.1 Å². The maximum absolute atomic E-state index is 13.0. The average molecular weight is 462 g/mol. The van der Waals surface area contributed by atoms with Gasteiger partial charge in [-0.1, -0.05) is 72.3 Å². The lowest BCUT2D eigenvalue weighted by molar-refractivity contribution is -0.138. The maximum Gasteiger partial charge on any atom is 0.259 e. The van der Waals surface area contributed by atoms with E-state index >= 15 is 0 Å². The Morgan fingerprint density at radius 1 is 1.03 bits per heavy atom. The van der Waals surface area contributed by atoms with Crippen molar-refractivity contribution < 1.29 is 14.3 Å². The minimum absolute atomic E-state index is 0.0178. The van der Waals surface area contributed by atoms with E-state index in [4.69, 9.17) is 21.1 Å². The van der Waals surface area contributed by atoms with Gasteiger partial charge in [0.25, 0.3) is 5.91 Å². The third-order valence-electron chi connectivity index (χ3n) is 5.19. The molecule has 0 bridgehead atoms. The zero-order valence-corrected chi connectivity index (χ0v) is 18.9. The largest absolute Gasteiger partial charge is 0.497 e. The van der Waals surface area contributed by atoms with Gasteiger partial charge in [-0.05, 0) is 42.0 Å². The van der Waals surface area contributed by atoms with Gasteiger partial charge < -0.3 is 9.47 Å². The number of carbonyl (C=O) groups excluding carboxylic acids is 1. The van der Waals surface area contributed by atoms with Crippen LogP contribution in [0.4, 0.5) is 11.4 Å². The van der Waals surface area contributed by atoms with E-state index in [-0.39, 0.29) is 23.7 Å². The number of halogens is 1. The molecule has 3 aromatic carbocycles. The fourth-order valence-electron chi connectivity index (χ4n) is 3.48. The molecule has 0 unspecified atom stereocenters. The topological polar surface area (TPSA) is 63.2 Å². The lowest BCUT2D eigenvalue weighted by atomic mass is 9.95. The maximum atomic E-state index is 13.0. The fourth-order valence-corrected chi connectivity index (χ4v) is 3.59. The molecule has 1 aliphatic rings. The Morgan fingerprint density at radius 3 is 2.36 bits per heavy atom. The van der Waals surface area contributed by atoms with E-state index in [1.165, 1.54) is 0 Å². The highest BCUT2D eigenvalue weighted by atomic mass is 35.5. The first-order chi connectivity index (χ1) is 16.2. The molecule has 0 aliphatic carbocycles. The van der Waals surface area contributed by atoms with Crippen molar-refractivity contribution in [3.8, 4) is 5.75 Å². The third kappa shape index (κ3) is 5.61. The Balaban J connectivity index is 1.46. The Labute approximate surface area is 198 Å². The zero-order chi connectivity index (χ0) is 23.0. The molecule has 2 atom stereocenters. The molecule has 1 amide bonds. The van der Waals surface area contributed by atoms with E-state index in [9.17, 15) is 4.79 Å². The molecule has 3 aromatic rings. The number of nitrogens with one attached hydrogen (secondary N) is 1. The molecule has 0 spiro atoms. The Hall–Kier alpha value is -3.61. The second-order valence-corrected chi connectivity index (χ2v) is 7.80. The van der Waals surface area contributed by atoms with Crippen LogP contribution in [0.1, 0.15) is 5.56 Å². The van der Waals surface area contributed by atoms with Gasteiger partial charge in [-0.15, -0.1) is 0 Å². The Morgan fingerprint density at radius 2 is 1.70 bits per heavy atom. The molecular weight excluding hydrogens is 438 g/mol. The van der Waals surface area contributed by atoms with Crippen LogP contribution in [0.2, 0.25) is 0 Å². The van der Waals surface area contributed by atoms with Crippen molar-refractivity contribution in [3.05, 3.63) is 96.6 Å². The number of nitrogens with zero attached hydrogens (tertiary/aromatic N) is 2. The van der Waals surface area contributed by atoms with Gasteiger partial charge in [0.15, 0.2) is 11.3 Å². The Kier molecular flexibility index (Phi) is 7.40. The number of hydrazone groups is 1. The number of rotatable bonds is 9. The van der Waals surface area contributed by atoms with Crippen LogP contribution in [-0.2, 0) is 9.53 Å². The van der Waals surface area contributed by atoms with Crippen LogP contribution in [0.15, 0.2) is 96.1 Å². The van der Waals surface area contributed by atoms with Crippen LogP contribution in [0.5, 0.6) is 5.75 Å². The second kappa shape index (κ2) is 10.8. The van der Waals surface area contributed by atoms with Crippen molar-refractivity contribution in [3.63, 3.8) is 0 Å². The summed E-state index contributed by atoms with van der Waals surface area (Å²) >= 11 is 6.22. The number of hydrogen-bond donors (Lipinski definition) is 1. The molecule has 33 heavy (non-hydrogen) atoms. The van der Waals surface area contributed by atoms with Crippen LogP contribution in [0.3, 0.4) is 0 Å². The van der Waals surface area contributed by atoms with E-state index in [0.29, 0.717) is 0 Å². The summed E-state index contributed by atoms with van der Waals surface area (Å²) in [6, 6.07) is 26.5. The fraction of sp³-hybridized carbons (Fsp3) is 0.154. The molecule has 1 heterocycles. The van der Waals surface area contributed by atoms with Crippen molar-refractivity contribution in [1.29, 1.82) is 0 Å². The van der Waals surface area contributed by atoms with E-state index in [1.807, 2.05) is 97.1 Å². The number of ether oxygens (including phenoxy) is 2. The highest BCUT2D eigenvalue weighted by Crippen LogP contribution is 2.32. The predicted octanol–water partition coefficient (Wildman–Crippen LogP) is 5.17. The average Bonchev–Trinajstić information content (AvgIpc) is 2.87. The molecule has 1 aliphatic heterocycles. The second-order valence-electron chi connectivity index (χ2n) is 7.36. The van der Waals surface area contributed by atoms with E-state index in [2.05, 4.69) is 10.5 Å². The van der Waals surface area contributed by atoms with Crippen molar-refractivity contribution in [2.45, 2.75) is 12.1 Å². The van der Waals surface area contributed by atoms with Crippen LogP contribution >= 0.6 is 11.6 Å². The summed E-state index contributed by atoms with van der Waals surface area (Å²) in [7, 11) is 1.61. The van der Waals surface area contributed by atoms with Crippen molar-refractivity contribution in [1.82, 2.24) is 0 Å². The van der Waals surface area contributed by atoms with Crippen molar-refractivity contribution in [2.24, 2.45) is 5.10 Å². The normalized spacial score (nSPS) is 18.3. The predicted molar refractivity (Wildman–Crippen MR) is 133 cm³/mol. The molecule has 4 rings (SSSR count). The number of amides is 1. The smallest absolute Gasteiger partial charge is 0.259 e. The summed E-state index contributed by atoms with van der Waals surface area (Å²) in [6.45, 7) is 0.0178. The summed E-state index contributed by atoms with van der Waals surface area (Å²) in [6.07, 6.45) is 3.29. The number of para-hydroxylation sites is 1. The molecule has 0 aromatic heterocycles. The molecular formula is C26H24ClN3O3. The minimum Gasteiger partial charge on any atom is -0.497 e. The summed E-state index contributed by atoms with van der Waals surface area (Å²) < 4.78 is 11.1. The first-order valence-corrected chi connectivity index (χ1v) is 10.9. The van der Waals surface area contributed by atoms with Crippen LogP contribution in [-0.4, -0.2) is 36.9 Å². The third-order valence-corrected chi connectivity index (χ3v) is 5.38. The number of hydrogen-bond acceptors (Lipinski definition) is 5. The van der Waals surface area contributed by atoms with Crippen molar-refractivity contribution in [2.75, 3.05) is 24.0 Å². The molecule has 168 valence electrons. The molecule has 7 heteroatoms. The number of carbonyl (C=O) groups is 1. The lowest BCUT2D eigenvalue weighted by Crippen LogP contribution is -2.65. The first-order valence-electron chi connectivity index (χ1n) is 10.5. The van der Waals surface area contributed by atoms with Gasteiger partial charge >= 0.3 is 0 Å². The molecule has 6 nitrogen and oxygen atoms in total. The van der Waals surface area contributed by atoms with Gasteiger partial charge in [0, 0.05) is 5.69 Å². The molecule has 0 radical (unpaired) electrons. The van der Waals surface area contributed by atoms with Crippen LogP contribution < -0.4 is 15.1 Å². The van der Waals surface area contributed by atoms with E-state index in [1.54, 1.807) is 12.0 Å². The van der Waals surface area contributed by atoms with Gasteiger partial charge in [0.05, 0.1) is 18.8 Å². The first kappa shape index (κ1) is 22.6. The van der Waals surface area contributed by atoms with E-state index in [0.717, 1.165) is 22.7 Å². The number of β-lactam (4-membered cyclic amide) rings is 1. The monoisotopic (exact) mass is 461 g/mol. The van der Waals surface area contributed by atoms with Gasteiger partial charge in [-0.25, -0.2) is 0 Å². The summed E-state index contributed by atoms with van der Waals surface area (Å²) in [5, 5.41) is 4.34. The summed E-state index contributed by atoms with van der Waals surface area (Å²) in [4.78, 5) is 14.7. The minimum atomic E-state index is -0.660. The van der Waals surface area contributed by atoms with E-state index < -0.39 is 6.10 Å². The van der Waals surface area contributed by atoms with Crippen LogP contribution in [0.25, 0.3) is 6.08 Å². The summed E-state index contributed by atoms with van der Waals surface area (Å²) in [5.74, 6) is 0.591. The zero-order valence-electron chi connectivity index (χ0n) is 18.1. The molecule has 1 N–H and O–H groups in total. The highest BCUT2D eigenvalue weighted by molar-refractivity contribution is 6.65. The van der Waals surface area contributed by atoms with Gasteiger partial charge in [0.2, 0.25) is 0 Å². The lowest BCUT2D eigenvalue weighted by Gasteiger charge is -2.45. The molecule has 1 fully saturated rings. The van der Waals surface area contributed by atoms with Gasteiger partial charge in [-0.2, -0.15) is 5.10 Å². The quantitative estimate of drug-likeness (QED) is 0.271. The number of benzene rings is 3. The van der Waals surface area contributed by atoms with Gasteiger partial charge in [0.1, 0.15) is 12.4 Å².